The average molecular weight is 476 g/mol. The van der Waals surface area contributed by atoms with Gasteiger partial charge in [-0.1, -0.05) is 20.8 Å². The van der Waals surface area contributed by atoms with Crippen LogP contribution in [0.1, 0.15) is 27.7 Å². The first-order valence-electron chi connectivity index (χ1n) is 10.4. The predicted molar refractivity (Wildman–Crippen MR) is 121 cm³/mol. The fourth-order valence-electron chi connectivity index (χ4n) is 3.03. The van der Waals surface area contributed by atoms with E-state index in [0.717, 1.165) is 12.1 Å². The molecule has 1 heterocycles. The molecule has 0 spiro atoms. The zero-order valence-electron chi connectivity index (χ0n) is 19.0. The Bertz CT molecular complexity index is 1330. The van der Waals surface area contributed by atoms with E-state index < -0.39 is 63.4 Å². The summed E-state index contributed by atoms with van der Waals surface area (Å²) in [4.78, 5) is 36.5. The monoisotopic (exact) mass is 476 g/mol. The molecule has 0 atom stereocenters. The van der Waals surface area contributed by atoms with Crippen LogP contribution in [0.25, 0.3) is 22.3 Å². The number of anilines is 2. The summed E-state index contributed by atoms with van der Waals surface area (Å²) in [5.74, 6) is -4.32. The molecule has 0 unspecified atom stereocenters. The van der Waals surface area contributed by atoms with Crippen LogP contribution < -0.4 is 16.1 Å². The van der Waals surface area contributed by atoms with Crippen molar-refractivity contribution in [1.29, 1.82) is 0 Å². The maximum absolute atomic E-state index is 14.6. The second-order valence-electron chi connectivity index (χ2n) is 8.45. The van der Waals surface area contributed by atoms with E-state index in [1.165, 1.54) is 12.1 Å². The number of ether oxygens (including phenoxy) is 1. The molecule has 180 valence electrons. The summed E-state index contributed by atoms with van der Waals surface area (Å²) in [6, 6.07) is 5.15. The van der Waals surface area contributed by atoms with Crippen LogP contribution >= 0.6 is 0 Å². The summed E-state index contributed by atoms with van der Waals surface area (Å²) in [5, 5.41) is 4.46. The molecule has 2 N–H and O–H groups in total. The normalized spacial score (nSPS) is 11.4. The molecule has 2 aromatic carbocycles. The second kappa shape index (κ2) is 9.58. The number of hydrogen-bond acceptors (Lipinski definition) is 6. The summed E-state index contributed by atoms with van der Waals surface area (Å²) in [7, 11) is 0. The number of carbonyl (C=O) groups is 2. The van der Waals surface area contributed by atoms with Crippen LogP contribution in [0.15, 0.2) is 39.5 Å². The van der Waals surface area contributed by atoms with Crippen LogP contribution in [0.2, 0.25) is 0 Å². The number of nitrogens with one attached hydrogen (secondary N) is 2. The minimum Gasteiger partial charge on any atom is -0.465 e. The topological polar surface area (TPSA) is 97.6 Å². The van der Waals surface area contributed by atoms with Crippen molar-refractivity contribution in [3.8, 4) is 11.3 Å². The summed E-state index contributed by atoms with van der Waals surface area (Å²) in [6.07, 6.45) is 0. The Morgan fingerprint density at radius 1 is 1.03 bits per heavy atom. The molecule has 0 fully saturated rings. The van der Waals surface area contributed by atoms with E-state index in [0.29, 0.717) is 6.07 Å². The first-order valence-corrected chi connectivity index (χ1v) is 10.4. The Morgan fingerprint density at radius 3 is 2.35 bits per heavy atom. The summed E-state index contributed by atoms with van der Waals surface area (Å²) < 4.78 is 53.8. The quantitative estimate of drug-likeness (QED) is 0.495. The van der Waals surface area contributed by atoms with Crippen LogP contribution in [0.3, 0.4) is 0 Å². The van der Waals surface area contributed by atoms with Gasteiger partial charge in [0.05, 0.1) is 23.4 Å². The number of hydrogen-bond donors (Lipinski definition) is 2. The molecule has 0 aliphatic carbocycles. The number of halogens is 3. The fraction of sp³-hybridized carbons (Fsp3) is 0.292. The first-order chi connectivity index (χ1) is 15.9. The molecule has 0 aliphatic heterocycles. The maximum Gasteiger partial charge on any atom is 0.325 e. The van der Waals surface area contributed by atoms with Crippen molar-refractivity contribution < 1.29 is 31.9 Å². The minimum absolute atomic E-state index is 0.0782. The highest BCUT2D eigenvalue weighted by Crippen LogP contribution is 2.31. The van der Waals surface area contributed by atoms with Gasteiger partial charge in [0.15, 0.2) is 16.8 Å². The minimum atomic E-state index is -1.15. The molecule has 0 radical (unpaired) electrons. The van der Waals surface area contributed by atoms with Crippen LogP contribution in [-0.2, 0) is 14.3 Å². The fourth-order valence-corrected chi connectivity index (χ4v) is 3.03. The van der Waals surface area contributed by atoms with Crippen molar-refractivity contribution in [2.24, 2.45) is 5.41 Å². The number of rotatable bonds is 6. The molecule has 3 rings (SSSR count). The number of fused-ring (bicyclic) bond motifs is 1. The van der Waals surface area contributed by atoms with E-state index in [9.17, 15) is 27.6 Å². The molecule has 7 nitrogen and oxygen atoms in total. The number of esters is 1. The maximum atomic E-state index is 14.6. The molecule has 3 aromatic rings. The van der Waals surface area contributed by atoms with Gasteiger partial charge in [0.1, 0.15) is 23.9 Å². The molecule has 0 bridgehead atoms. The van der Waals surface area contributed by atoms with Crippen molar-refractivity contribution >= 4 is 34.2 Å². The van der Waals surface area contributed by atoms with Crippen LogP contribution in [0.5, 0.6) is 0 Å². The molecule has 1 amide bonds. The lowest BCUT2D eigenvalue weighted by Crippen LogP contribution is -2.28. The third kappa shape index (κ3) is 5.22. The van der Waals surface area contributed by atoms with Gasteiger partial charge in [-0.2, -0.15) is 0 Å². The highest BCUT2D eigenvalue weighted by atomic mass is 19.1. The van der Waals surface area contributed by atoms with E-state index in [4.69, 9.17) is 9.15 Å². The van der Waals surface area contributed by atoms with Crippen molar-refractivity contribution in [3.05, 3.63) is 58.0 Å². The second-order valence-corrected chi connectivity index (χ2v) is 8.45. The Kier molecular flexibility index (Phi) is 6.99. The lowest BCUT2D eigenvalue weighted by atomic mass is 9.95. The zero-order valence-corrected chi connectivity index (χ0v) is 19.0. The first kappa shape index (κ1) is 24.8. The Morgan fingerprint density at radius 2 is 1.74 bits per heavy atom. The van der Waals surface area contributed by atoms with Crippen molar-refractivity contribution in [1.82, 2.24) is 0 Å². The van der Waals surface area contributed by atoms with Crippen LogP contribution in [0, 0.1) is 22.9 Å². The van der Waals surface area contributed by atoms with E-state index in [1.807, 2.05) is 0 Å². The predicted octanol–water partition coefficient (Wildman–Crippen LogP) is 4.84. The number of amides is 1. The van der Waals surface area contributed by atoms with Crippen molar-refractivity contribution in [3.63, 3.8) is 0 Å². The molecular formula is C24H23F3N2O5. The molecule has 0 saturated heterocycles. The molecule has 10 heteroatoms. The molecule has 0 saturated carbocycles. The van der Waals surface area contributed by atoms with Gasteiger partial charge < -0.3 is 19.8 Å². The smallest absolute Gasteiger partial charge is 0.325 e. The van der Waals surface area contributed by atoms with E-state index in [-0.39, 0.29) is 23.6 Å². The van der Waals surface area contributed by atoms with Gasteiger partial charge in [0.25, 0.3) is 0 Å². The Hall–Kier alpha value is -3.82. The number of carbonyl (C=O) groups excluding carboxylic acids is 2. The summed E-state index contributed by atoms with van der Waals surface area (Å²) in [6.45, 7) is 6.26. The molecule has 0 aliphatic rings. The van der Waals surface area contributed by atoms with E-state index >= 15 is 0 Å². The van der Waals surface area contributed by atoms with Gasteiger partial charge in [-0.15, -0.1) is 0 Å². The summed E-state index contributed by atoms with van der Waals surface area (Å²) in [5.41, 5.74) is -2.54. The third-order valence-electron chi connectivity index (χ3n) is 4.80. The van der Waals surface area contributed by atoms with Gasteiger partial charge in [0, 0.05) is 23.1 Å². The van der Waals surface area contributed by atoms with Crippen molar-refractivity contribution in [2.75, 3.05) is 23.8 Å². The van der Waals surface area contributed by atoms with Gasteiger partial charge in [-0.05, 0) is 25.1 Å². The average Bonchev–Trinajstić information content (AvgIpc) is 2.74. The summed E-state index contributed by atoms with van der Waals surface area (Å²) >= 11 is 0. The molecule has 34 heavy (non-hydrogen) atoms. The van der Waals surface area contributed by atoms with E-state index in [1.54, 1.807) is 27.7 Å². The van der Waals surface area contributed by atoms with Crippen LogP contribution in [0.4, 0.5) is 24.5 Å². The van der Waals surface area contributed by atoms with Gasteiger partial charge in [-0.25, -0.2) is 13.2 Å². The lowest BCUT2D eigenvalue weighted by Gasteiger charge is -2.18. The SMILES string of the molecule is CCOC(=O)CNc1c(F)cc(F)c2oc(-c3ccc(NC(=O)C(C)(C)C)c(F)c3)cc(=O)c12. The van der Waals surface area contributed by atoms with Gasteiger partial charge >= 0.3 is 5.97 Å². The molecular weight excluding hydrogens is 453 g/mol. The Labute approximate surface area is 192 Å². The highest BCUT2D eigenvalue weighted by molar-refractivity contribution is 5.95. The zero-order chi connectivity index (χ0) is 25.2. The largest absolute Gasteiger partial charge is 0.465 e. The highest BCUT2D eigenvalue weighted by Gasteiger charge is 2.23. The Balaban J connectivity index is 2.02. The van der Waals surface area contributed by atoms with Gasteiger partial charge in [-0.3, -0.25) is 14.4 Å². The number of benzene rings is 2. The lowest BCUT2D eigenvalue weighted by molar-refractivity contribution is -0.140. The standard InChI is InChI=1S/C24H23F3N2O5/c1-5-33-19(31)11-28-21-14(26)9-15(27)22-20(21)17(30)10-18(34-22)12-6-7-16(13(25)8-12)29-23(32)24(2,3)4/h6-10,28H,5,11H2,1-4H3,(H,29,32). The van der Waals surface area contributed by atoms with Gasteiger partial charge in [0.2, 0.25) is 5.91 Å². The van der Waals surface area contributed by atoms with E-state index in [2.05, 4.69) is 10.6 Å². The van der Waals surface area contributed by atoms with Crippen LogP contribution in [-0.4, -0.2) is 25.0 Å². The third-order valence-corrected chi connectivity index (χ3v) is 4.80. The van der Waals surface area contributed by atoms with Crippen molar-refractivity contribution in [2.45, 2.75) is 27.7 Å². The molecule has 1 aromatic heterocycles.